The highest BCUT2D eigenvalue weighted by atomic mass is 32.1. The van der Waals surface area contributed by atoms with E-state index in [0.717, 1.165) is 60.2 Å². The van der Waals surface area contributed by atoms with Gasteiger partial charge in [-0.2, -0.15) is 5.26 Å². The number of benzene rings is 1. The van der Waals surface area contributed by atoms with E-state index in [1.54, 1.807) is 11.3 Å². The van der Waals surface area contributed by atoms with Crippen LogP contribution in [0.2, 0.25) is 0 Å². The Hall–Kier alpha value is -2.46. The lowest BCUT2D eigenvalue weighted by Crippen LogP contribution is -2.50. The van der Waals surface area contributed by atoms with Gasteiger partial charge in [0.25, 0.3) is 5.91 Å². The number of thiazole rings is 1. The molecule has 4 rings (SSSR count). The van der Waals surface area contributed by atoms with E-state index in [0.29, 0.717) is 12.8 Å². The third kappa shape index (κ3) is 4.49. The van der Waals surface area contributed by atoms with Gasteiger partial charge in [-0.1, -0.05) is 44.2 Å². The van der Waals surface area contributed by atoms with Crippen LogP contribution in [0.3, 0.4) is 0 Å². The number of carbonyl (C=O) groups excluding carboxylic acids is 2. The van der Waals surface area contributed by atoms with Crippen molar-refractivity contribution in [1.29, 1.82) is 5.26 Å². The normalized spacial score (nSPS) is 23.4. The Labute approximate surface area is 180 Å². The zero-order chi connectivity index (χ0) is 21.0. The van der Waals surface area contributed by atoms with Crippen LogP contribution in [0.4, 0.5) is 0 Å². The van der Waals surface area contributed by atoms with Gasteiger partial charge in [0.15, 0.2) is 6.61 Å². The number of rotatable bonds is 5. The van der Waals surface area contributed by atoms with Crippen LogP contribution in [0.5, 0.6) is 0 Å². The van der Waals surface area contributed by atoms with E-state index in [9.17, 15) is 14.9 Å². The number of aromatic nitrogens is 1. The third-order valence-electron chi connectivity index (χ3n) is 6.34. The van der Waals surface area contributed by atoms with E-state index in [1.807, 2.05) is 24.3 Å². The molecule has 2 aromatic rings. The summed E-state index contributed by atoms with van der Waals surface area (Å²) < 4.78 is 6.54. The molecule has 0 unspecified atom stereocenters. The summed E-state index contributed by atoms with van der Waals surface area (Å²) in [6, 6.07) is 10.3. The number of hydrogen-bond acceptors (Lipinski definition) is 6. The minimum Gasteiger partial charge on any atom is -0.455 e. The van der Waals surface area contributed by atoms with E-state index in [4.69, 9.17) is 9.72 Å². The number of fused-ring (bicyclic) bond motifs is 1. The molecule has 2 aliphatic rings. The topological polar surface area (TPSA) is 92.1 Å². The molecule has 2 saturated carbocycles. The van der Waals surface area contributed by atoms with Crippen molar-refractivity contribution in [2.45, 2.75) is 69.2 Å². The van der Waals surface area contributed by atoms with Crippen LogP contribution in [-0.2, 0) is 14.3 Å². The first-order chi connectivity index (χ1) is 14.6. The van der Waals surface area contributed by atoms with Gasteiger partial charge < -0.3 is 10.1 Å². The number of carbonyl (C=O) groups is 2. The molecule has 1 amide bonds. The molecule has 30 heavy (non-hydrogen) atoms. The molecule has 0 spiro atoms. The molecule has 7 heteroatoms. The largest absolute Gasteiger partial charge is 0.455 e. The van der Waals surface area contributed by atoms with Crippen molar-refractivity contribution in [1.82, 2.24) is 10.3 Å². The highest BCUT2D eigenvalue weighted by Crippen LogP contribution is 2.41. The Morgan fingerprint density at radius 1 is 1.17 bits per heavy atom. The van der Waals surface area contributed by atoms with Crippen molar-refractivity contribution in [2.24, 2.45) is 5.92 Å². The molecule has 0 saturated heterocycles. The minimum atomic E-state index is -0.809. The van der Waals surface area contributed by atoms with Crippen LogP contribution in [0, 0.1) is 17.2 Å². The summed E-state index contributed by atoms with van der Waals surface area (Å²) in [7, 11) is 0. The predicted octanol–water partition coefficient (Wildman–Crippen LogP) is 4.46. The Kier molecular flexibility index (Phi) is 6.33. The van der Waals surface area contributed by atoms with E-state index in [1.165, 1.54) is 0 Å². The summed E-state index contributed by atoms with van der Waals surface area (Å²) in [5.74, 6) is -0.954. The maximum atomic E-state index is 12.9. The first kappa shape index (κ1) is 20.8. The van der Waals surface area contributed by atoms with Crippen molar-refractivity contribution >= 4 is 33.4 Å². The molecular weight excluding hydrogens is 398 g/mol. The number of nitriles is 1. The Balaban J connectivity index is 1.38. The number of para-hydroxylation sites is 1. The fourth-order valence-electron chi connectivity index (χ4n) is 4.72. The molecule has 6 nitrogen and oxygen atoms in total. The fourth-order valence-corrected chi connectivity index (χ4v) is 5.89. The van der Waals surface area contributed by atoms with Gasteiger partial charge in [0.2, 0.25) is 0 Å². The van der Waals surface area contributed by atoms with Crippen molar-refractivity contribution < 1.29 is 14.3 Å². The molecule has 158 valence electrons. The summed E-state index contributed by atoms with van der Waals surface area (Å²) >= 11 is 1.64. The maximum Gasteiger partial charge on any atom is 0.310 e. The quantitative estimate of drug-likeness (QED) is 0.714. The maximum absolute atomic E-state index is 12.9. The second-order valence-corrected chi connectivity index (χ2v) is 9.49. The standard InChI is InChI=1S/C23H27N3O3S/c24-15-23(12-6-1-7-13-23)26-20(27)14-29-22(28)17-9-3-2-8-16(17)21-25-18-10-4-5-11-19(18)30-21/h4-5,10-11,16-17H,1-3,6-9,12-14H2,(H,26,27)/t16-,17+/m1/s1. The summed E-state index contributed by atoms with van der Waals surface area (Å²) in [5, 5.41) is 13.3. The second-order valence-electron chi connectivity index (χ2n) is 8.43. The van der Waals surface area contributed by atoms with Crippen LogP contribution < -0.4 is 5.32 Å². The van der Waals surface area contributed by atoms with Crippen molar-refractivity contribution in [3.05, 3.63) is 29.3 Å². The number of amides is 1. The highest BCUT2D eigenvalue weighted by molar-refractivity contribution is 7.18. The van der Waals surface area contributed by atoms with Gasteiger partial charge in [0.05, 0.1) is 27.2 Å². The van der Waals surface area contributed by atoms with Gasteiger partial charge in [-0.3, -0.25) is 9.59 Å². The molecule has 2 atom stereocenters. The minimum absolute atomic E-state index is 0.0375. The molecule has 0 aliphatic heterocycles. The average molecular weight is 426 g/mol. The molecule has 2 fully saturated rings. The molecule has 1 N–H and O–H groups in total. The molecular formula is C23H27N3O3S. The number of ether oxygens (including phenoxy) is 1. The van der Waals surface area contributed by atoms with Crippen LogP contribution >= 0.6 is 11.3 Å². The van der Waals surface area contributed by atoms with Gasteiger partial charge in [-0.05, 0) is 37.8 Å². The average Bonchev–Trinajstić information content (AvgIpc) is 3.22. The summed E-state index contributed by atoms with van der Waals surface area (Å²) in [4.78, 5) is 30.0. The zero-order valence-corrected chi connectivity index (χ0v) is 17.9. The summed E-state index contributed by atoms with van der Waals surface area (Å²) in [6.07, 6.45) is 7.96. The monoisotopic (exact) mass is 425 g/mol. The lowest BCUT2D eigenvalue weighted by Gasteiger charge is -2.31. The predicted molar refractivity (Wildman–Crippen MR) is 115 cm³/mol. The number of esters is 1. The van der Waals surface area contributed by atoms with Gasteiger partial charge in [0, 0.05) is 5.92 Å². The van der Waals surface area contributed by atoms with Crippen LogP contribution in [-0.4, -0.2) is 29.0 Å². The molecule has 0 radical (unpaired) electrons. The van der Waals surface area contributed by atoms with Crippen molar-refractivity contribution in [2.75, 3.05) is 6.61 Å². The molecule has 2 aliphatic carbocycles. The number of nitrogens with zero attached hydrogens (tertiary/aromatic N) is 2. The molecule has 1 aromatic carbocycles. The first-order valence-corrected chi connectivity index (χ1v) is 11.7. The van der Waals surface area contributed by atoms with Crippen LogP contribution in [0.25, 0.3) is 10.2 Å². The van der Waals surface area contributed by atoms with Crippen molar-refractivity contribution in [3.8, 4) is 6.07 Å². The van der Waals surface area contributed by atoms with Gasteiger partial charge in [0.1, 0.15) is 5.54 Å². The summed E-state index contributed by atoms with van der Waals surface area (Å²) in [6.45, 7) is -0.328. The van der Waals surface area contributed by atoms with Gasteiger partial charge >= 0.3 is 5.97 Å². The smallest absolute Gasteiger partial charge is 0.310 e. The summed E-state index contributed by atoms with van der Waals surface area (Å²) in [5.41, 5.74) is 0.152. The zero-order valence-electron chi connectivity index (χ0n) is 17.1. The first-order valence-electron chi connectivity index (χ1n) is 10.8. The second kappa shape index (κ2) is 9.13. The Bertz CT molecular complexity index is 925. The van der Waals surface area contributed by atoms with Gasteiger partial charge in [-0.15, -0.1) is 11.3 Å². The van der Waals surface area contributed by atoms with E-state index < -0.39 is 5.54 Å². The van der Waals surface area contributed by atoms with Gasteiger partial charge in [-0.25, -0.2) is 4.98 Å². The van der Waals surface area contributed by atoms with E-state index in [-0.39, 0.29) is 30.3 Å². The van der Waals surface area contributed by atoms with Crippen molar-refractivity contribution in [3.63, 3.8) is 0 Å². The third-order valence-corrected chi connectivity index (χ3v) is 7.51. The molecule has 1 heterocycles. The Morgan fingerprint density at radius 2 is 1.93 bits per heavy atom. The van der Waals surface area contributed by atoms with Crippen LogP contribution in [0.15, 0.2) is 24.3 Å². The highest BCUT2D eigenvalue weighted by Gasteiger charge is 2.37. The van der Waals surface area contributed by atoms with E-state index in [2.05, 4.69) is 11.4 Å². The fraction of sp³-hybridized carbons (Fsp3) is 0.565. The molecule has 1 aromatic heterocycles. The van der Waals surface area contributed by atoms with E-state index >= 15 is 0 Å². The lowest BCUT2D eigenvalue weighted by molar-refractivity contribution is -0.154. The Morgan fingerprint density at radius 3 is 2.70 bits per heavy atom. The van der Waals surface area contributed by atoms with Crippen LogP contribution in [0.1, 0.15) is 68.7 Å². The lowest BCUT2D eigenvalue weighted by atomic mass is 9.79. The molecule has 0 bridgehead atoms. The SMILES string of the molecule is N#CC1(NC(=O)COC(=O)[C@H]2CCCC[C@H]2c2nc3ccccc3s2)CCCCC1. The number of hydrogen-bond donors (Lipinski definition) is 1. The number of nitrogens with one attached hydrogen (secondary N) is 1.